The molecule has 1 rings (SSSR count). The highest BCUT2D eigenvalue weighted by Gasteiger charge is 2.55. The van der Waals surface area contributed by atoms with Crippen molar-refractivity contribution in [3.63, 3.8) is 0 Å². The van der Waals surface area contributed by atoms with Gasteiger partial charge in [-0.3, -0.25) is 0 Å². The SMILES string of the molecule is CC(C)S(=O)(=O)N1CCC(CN)(C(F)(F)F)CC1. The summed E-state index contributed by atoms with van der Waals surface area (Å²) >= 11 is 0. The van der Waals surface area contributed by atoms with Crippen molar-refractivity contribution in [2.75, 3.05) is 19.6 Å². The summed E-state index contributed by atoms with van der Waals surface area (Å²) in [7, 11) is -3.48. The van der Waals surface area contributed by atoms with Crippen LogP contribution in [0.25, 0.3) is 0 Å². The zero-order valence-corrected chi connectivity index (χ0v) is 11.3. The minimum Gasteiger partial charge on any atom is -0.330 e. The lowest BCUT2D eigenvalue weighted by atomic mass is 9.78. The number of sulfonamides is 1. The van der Waals surface area contributed by atoms with E-state index in [9.17, 15) is 21.6 Å². The average Bonchev–Trinajstić information content (AvgIpc) is 2.27. The second kappa shape index (κ2) is 4.97. The molecule has 18 heavy (non-hydrogen) atoms. The van der Waals surface area contributed by atoms with Crippen molar-refractivity contribution in [1.29, 1.82) is 0 Å². The number of rotatable bonds is 3. The molecule has 0 unspecified atom stereocenters. The molecular weight excluding hydrogens is 269 g/mol. The maximum atomic E-state index is 12.9. The summed E-state index contributed by atoms with van der Waals surface area (Å²) in [6.45, 7) is 2.31. The van der Waals surface area contributed by atoms with E-state index in [4.69, 9.17) is 5.73 Å². The number of halogens is 3. The quantitative estimate of drug-likeness (QED) is 0.852. The Morgan fingerprint density at radius 1 is 1.28 bits per heavy atom. The van der Waals surface area contributed by atoms with E-state index in [1.807, 2.05) is 0 Å². The van der Waals surface area contributed by atoms with E-state index in [-0.39, 0.29) is 25.9 Å². The predicted molar refractivity (Wildman–Crippen MR) is 62.4 cm³/mol. The maximum Gasteiger partial charge on any atom is 0.395 e. The third-order valence-corrected chi connectivity index (χ3v) is 5.90. The van der Waals surface area contributed by atoms with Crippen molar-refractivity contribution < 1.29 is 21.6 Å². The van der Waals surface area contributed by atoms with Crippen LogP contribution in [0.5, 0.6) is 0 Å². The second-order valence-corrected chi connectivity index (χ2v) is 7.46. The van der Waals surface area contributed by atoms with Crippen LogP contribution in [0.4, 0.5) is 13.2 Å². The Hall–Kier alpha value is -0.340. The molecule has 0 amide bonds. The van der Waals surface area contributed by atoms with Crippen molar-refractivity contribution in [2.24, 2.45) is 11.1 Å². The molecule has 0 aromatic heterocycles. The van der Waals surface area contributed by atoms with Gasteiger partial charge in [0, 0.05) is 19.6 Å². The van der Waals surface area contributed by atoms with E-state index >= 15 is 0 Å². The lowest BCUT2D eigenvalue weighted by Gasteiger charge is -2.41. The zero-order valence-electron chi connectivity index (χ0n) is 10.5. The molecular formula is C10H19F3N2O2S. The fraction of sp³-hybridized carbons (Fsp3) is 1.00. The van der Waals surface area contributed by atoms with Gasteiger partial charge in [0.25, 0.3) is 0 Å². The third kappa shape index (κ3) is 2.65. The summed E-state index contributed by atoms with van der Waals surface area (Å²) < 4.78 is 63.6. The molecule has 0 atom stereocenters. The topological polar surface area (TPSA) is 63.4 Å². The molecule has 0 radical (unpaired) electrons. The van der Waals surface area contributed by atoms with Gasteiger partial charge in [-0.15, -0.1) is 0 Å². The van der Waals surface area contributed by atoms with Crippen LogP contribution in [-0.4, -0.2) is 43.8 Å². The van der Waals surface area contributed by atoms with Gasteiger partial charge in [-0.2, -0.15) is 13.2 Å². The standard InChI is InChI=1S/C10H19F3N2O2S/c1-8(2)18(16,17)15-5-3-9(7-14,4-6-15)10(11,12)13/h8H,3-7,14H2,1-2H3. The van der Waals surface area contributed by atoms with Gasteiger partial charge in [-0.1, -0.05) is 0 Å². The Morgan fingerprint density at radius 2 is 1.72 bits per heavy atom. The van der Waals surface area contributed by atoms with Gasteiger partial charge in [0.1, 0.15) is 0 Å². The van der Waals surface area contributed by atoms with Crippen molar-refractivity contribution in [1.82, 2.24) is 4.31 Å². The summed E-state index contributed by atoms with van der Waals surface area (Å²) in [6, 6.07) is 0. The number of alkyl halides is 3. The van der Waals surface area contributed by atoms with E-state index in [0.717, 1.165) is 4.31 Å². The summed E-state index contributed by atoms with van der Waals surface area (Å²) in [6.07, 6.45) is -4.91. The lowest BCUT2D eigenvalue weighted by Crippen LogP contribution is -2.53. The summed E-state index contributed by atoms with van der Waals surface area (Å²) in [4.78, 5) is 0. The number of hydrogen-bond acceptors (Lipinski definition) is 3. The molecule has 1 aliphatic heterocycles. The fourth-order valence-electron chi connectivity index (χ4n) is 2.07. The van der Waals surface area contributed by atoms with Crippen molar-refractivity contribution in [3.8, 4) is 0 Å². The van der Waals surface area contributed by atoms with Gasteiger partial charge in [-0.25, -0.2) is 12.7 Å². The van der Waals surface area contributed by atoms with Gasteiger partial charge < -0.3 is 5.73 Å². The molecule has 1 fully saturated rings. The highest BCUT2D eigenvalue weighted by molar-refractivity contribution is 7.89. The molecule has 1 heterocycles. The largest absolute Gasteiger partial charge is 0.395 e. The van der Waals surface area contributed by atoms with E-state index in [1.54, 1.807) is 0 Å². The van der Waals surface area contributed by atoms with Gasteiger partial charge in [0.2, 0.25) is 10.0 Å². The molecule has 0 aromatic rings. The molecule has 1 saturated heterocycles. The Bertz CT molecular complexity index is 384. The Morgan fingerprint density at radius 3 is 2.00 bits per heavy atom. The van der Waals surface area contributed by atoms with Crippen LogP contribution in [0.2, 0.25) is 0 Å². The van der Waals surface area contributed by atoms with E-state index < -0.39 is 33.4 Å². The molecule has 0 bridgehead atoms. The first-order valence-electron chi connectivity index (χ1n) is 5.82. The monoisotopic (exact) mass is 288 g/mol. The van der Waals surface area contributed by atoms with Crippen molar-refractivity contribution in [2.45, 2.75) is 38.1 Å². The average molecular weight is 288 g/mol. The van der Waals surface area contributed by atoms with E-state index in [0.29, 0.717) is 0 Å². The molecule has 0 aliphatic carbocycles. The molecule has 108 valence electrons. The first-order chi connectivity index (χ1) is 8.07. The van der Waals surface area contributed by atoms with Crippen LogP contribution in [0, 0.1) is 5.41 Å². The van der Waals surface area contributed by atoms with Gasteiger partial charge >= 0.3 is 6.18 Å². The summed E-state index contributed by atoms with van der Waals surface area (Å²) in [5, 5.41) is -0.617. The van der Waals surface area contributed by atoms with E-state index in [2.05, 4.69) is 0 Å². The molecule has 1 aliphatic rings. The van der Waals surface area contributed by atoms with E-state index in [1.165, 1.54) is 13.8 Å². The van der Waals surface area contributed by atoms with Gasteiger partial charge in [0.15, 0.2) is 0 Å². The molecule has 0 aromatic carbocycles. The first-order valence-corrected chi connectivity index (χ1v) is 7.33. The Balaban J connectivity index is 2.83. The summed E-state index contributed by atoms with van der Waals surface area (Å²) in [5.41, 5.74) is 3.32. The van der Waals surface area contributed by atoms with Crippen molar-refractivity contribution >= 4 is 10.0 Å². The first kappa shape index (κ1) is 15.7. The van der Waals surface area contributed by atoms with Crippen molar-refractivity contribution in [3.05, 3.63) is 0 Å². The van der Waals surface area contributed by atoms with Gasteiger partial charge in [0.05, 0.1) is 10.7 Å². The number of nitrogens with zero attached hydrogens (tertiary/aromatic N) is 1. The minimum atomic E-state index is -4.38. The smallest absolute Gasteiger partial charge is 0.330 e. The molecule has 2 N–H and O–H groups in total. The van der Waals surface area contributed by atoms with Crippen LogP contribution in [0.3, 0.4) is 0 Å². The van der Waals surface area contributed by atoms with Crippen LogP contribution in [0.15, 0.2) is 0 Å². The Kier molecular flexibility index (Phi) is 4.34. The summed E-state index contributed by atoms with van der Waals surface area (Å²) in [5.74, 6) is 0. The van der Waals surface area contributed by atoms with Crippen LogP contribution in [-0.2, 0) is 10.0 Å². The van der Waals surface area contributed by atoms with Crippen LogP contribution >= 0.6 is 0 Å². The second-order valence-electron chi connectivity index (χ2n) is 4.97. The number of piperidine rings is 1. The molecule has 0 spiro atoms. The molecule has 8 heteroatoms. The molecule has 0 saturated carbocycles. The van der Waals surface area contributed by atoms with Gasteiger partial charge in [-0.05, 0) is 26.7 Å². The number of hydrogen-bond donors (Lipinski definition) is 1. The predicted octanol–water partition coefficient (Wildman–Crippen LogP) is 1.33. The number of nitrogens with two attached hydrogens (primary N) is 1. The lowest BCUT2D eigenvalue weighted by molar-refractivity contribution is -0.231. The highest BCUT2D eigenvalue weighted by atomic mass is 32.2. The Labute approximate surface area is 105 Å². The third-order valence-electron chi connectivity index (χ3n) is 3.63. The maximum absolute atomic E-state index is 12.9. The normalized spacial score (nSPS) is 22.4. The van der Waals surface area contributed by atoms with Crippen LogP contribution in [0.1, 0.15) is 26.7 Å². The fourth-order valence-corrected chi connectivity index (χ4v) is 3.36. The minimum absolute atomic E-state index is 0.114. The highest BCUT2D eigenvalue weighted by Crippen LogP contribution is 2.45. The van der Waals surface area contributed by atoms with Crippen LogP contribution < -0.4 is 5.73 Å². The zero-order chi connectivity index (χ0) is 14.2. The molecule has 4 nitrogen and oxygen atoms in total.